The summed E-state index contributed by atoms with van der Waals surface area (Å²) in [6.45, 7) is 0.416. The average Bonchev–Trinajstić information content (AvgIpc) is 1.79. The second kappa shape index (κ2) is 5.25. The molecule has 0 saturated carbocycles. The van der Waals surface area contributed by atoms with E-state index < -0.39 is 6.08 Å². The summed E-state index contributed by atoms with van der Waals surface area (Å²) in [6.07, 6.45) is -0.541. The molecule has 4 N–H and O–H groups in total. The Hall–Kier alpha value is -0.550. The molecule has 0 amide bonds. The van der Waals surface area contributed by atoms with E-state index >= 15 is 0 Å². The van der Waals surface area contributed by atoms with Crippen molar-refractivity contribution in [3.05, 3.63) is 12.2 Å². The lowest BCUT2D eigenvalue weighted by Crippen LogP contribution is -2.62. The average molecular weight is 167 g/mol. The van der Waals surface area contributed by atoms with Gasteiger partial charge in [-0.15, -0.1) is 0 Å². The minimum Gasteiger partial charge on any atom is -0.331 e. The maximum absolute atomic E-state index is 11.3. The normalized spacial score (nSPS) is 8.70. The van der Waals surface area contributed by atoms with E-state index in [0.717, 1.165) is 6.08 Å². The summed E-state index contributed by atoms with van der Waals surface area (Å²) in [5.74, 6) is 0. The summed E-state index contributed by atoms with van der Waals surface area (Å²) in [5.41, 5.74) is 3.37. The number of hydrogen-bond donors (Lipinski definition) is 2. The highest BCUT2D eigenvalue weighted by Gasteiger charge is 1.90. The van der Waals surface area contributed by atoms with Gasteiger partial charge in [0.05, 0.1) is 0 Å². The van der Waals surface area contributed by atoms with Gasteiger partial charge >= 0.3 is 0 Å². The van der Waals surface area contributed by atoms with Gasteiger partial charge in [-0.05, 0) is 12.5 Å². The van der Waals surface area contributed by atoms with Gasteiger partial charge < -0.3 is 11.1 Å². The monoisotopic (exact) mass is 167 g/mol. The van der Waals surface area contributed by atoms with E-state index in [1.807, 2.05) is 0 Å². The Morgan fingerprint density at radius 3 is 2.60 bits per heavy atom. The lowest BCUT2D eigenvalue weighted by molar-refractivity contribution is -0.215. The molecular formula is C5H9F2N2S+. The van der Waals surface area contributed by atoms with E-state index in [0.29, 0.717) is 11.7 Å². The van der Waals surface area contributed by atoms with Crippen molar-refractivity contribution in [2.45, 2.75) is 6.42 Å². The van der Waals surface area contributed by atoms with E-state index in [-0.39, 0.29) is 6.42 Å². The first-order valence-electron chi connectivity index (χ1n) is 2.74. The second-order valence-electron chi connectivity index (χ2n) is 1.63. The zero-order valence-electron chi connectivity index (χ0n) is 5.36. The van der Waals surface area contributed by atoms with Crippen LogP contribution >= 0.6 is 12.2 Å². The zero-order valence-corrected chi connectivity index (χ0v) is 6.18. The fourth-order valence-electron chi connectivity index (χ4n) is 0.393. The number of hydrogen-bond acceptors (Lipinski definition) is 1. The number of halogens is 2. The van der Waals surface area contributed by atoms with Crippen LogP contribution in [-0.4, -0.2) is 11.7 Å². The molecule has 0 aliphatic heterocycles. The van der Waals surface area contributed by atoms with Gasteiger partial charge in [-0.3, -0.25) is 0 Å². The predicted molar refractivity (Wildman–Crippen MR) is 38.4 cm³/mol. The van der Waals surface area contributed by atoms with Crippen molar-refractivity contribution in [3.63, 3.8) is 0 Å². The molecule has 0 radical (unpaired) electrons. The molecule has 58 valence electrons. The van der Waals surface area contributed by atoms with Gasteiger partial charge in [0, 0.05) is 18.8 Å². The largest absolute Gasteiger partial charge is 0.331 e. The summed E-state index contributed by atoms with van der Waals surface area (Å²) in [5, 5.41) is 3.03. The molecule has 0 rings (SSSR count). The third kappa shape index (κ3) is 7.45. The first kappa shape index (κ1) is 9.45. The smallest absolute Gasteiger partial charge is 0.266 e. The molecule has 0 unspecified atom stereocenters. The Morgan fingerprint density at radius 1 is 1.60 bits per heavy atom. The molecule has 5 heteroatoms. The molecule has 0 fully saturated rings. The van der Waals surface area contributed by atoms with Crippen LogP contribution in [0.4, 0.5) is 8.78 Å². The van der Waals surface area contributed by atoms with Crippen LogP contribution in [-0.2, 0) is 0 Å². The molecule has 0 aliphatic rings. The van der Waals surface area contributed by atoms with Gasteiger partial charge in [-0.25, -0.2) is 0 Å². The standard InChI is InChI=1S/C5H8F2N2S/c6-4(7)2-1-3-9-5(8)10/h2H,1,3H2,(H3,8,9,10)/p+1. The Kier molecular flexibility index (Phi) is 4.96. The summed E-state index contributed by atoms with van der Waals surface area (Å²) in [4.78, 5) is 0. The molecule has 0 aromatic rings. The fraction of sp³-hybridized carbons (Fsp3) is 0.400. The van der Waals surface area contributed by atoms with Crippen LogP contribution < -0.4 is 11.1 Å². The second-order valence-corrected chi connectivity index (χ2v) is 2.13. The van der Waals surface area contributed by atoms with Crippen molar-refractivity contribution >= 4 is 17.3 Å². The van der Waals surface area contributed by atoms with Crippen LogP contribution in [0.2, 0.25) is 0 Å². The van der Waals surface area contributed by atoms with E-state index in [2.05, 4.69) is 23.3 Å². The first-order chi connectivity index (χ1) is 4.63. The number of thiocarbonyl (C=S) groups is 1. The quantitative estimate of drug-likeness (QED) is 0.468. The Bertz CT molecular complexity index is 143. The molecule has 2 nitrogen and oxygen atoms in total. The topological polar surface area (TPSA) is 39.7 Å². The third-order valence-corrected chi connectivity index (χ3v) is 0.909. The van der Waals surface area contributed by atoms with Gasteiger partial charge in [0.15, 0.2) is 0 Å². The van der Waals surface area contributed by atoms with E-state index in [1.54, 1.807) is 0 Å². The van der Waals surface area contributed by atoms with Crippen LogP contribution in [0, 0.1) is 0 Å². The van der Waals surface area contributed by atoms with Crippen LogP contribution in [0.5, 0.6) is 0 Å². The number of quaternary nitrogens is 1. The van der Waals surface area contributed by atoms with Crippen LogP contribution in [0.1, 0.15) is 6.42 Å². The molecule has 0 saturated heterocycles. The van der Waals surface area contributed by atoms with Crippen molar-refractivity contribution in [2.75, 3.05) is 6.54 Å². The Morgan fingerprint density at radius 2 is 2.20 bits per heavy atom. The van der Waals surface area contributed by atoms with E-state index in [4.69, 9.17) is 0 Å². The highest BCUT2D eigenvalue weighted by atomic mass is 32.1. The molecule has 0 atom stereocenters. The molecule has 10 heavy (non-hydrogen) atoms. The van der Waals surface area contributed by atoms with E-state index in [1.165, 1.54) is 0 Å². The summed E-state index contributed by atoms with van der Waals surface area (Å²) < 4.78 is 22.7. The van der Waals surface area contributed by atoms with Gasteiger partial charge in [0.25, 0.3) is 11.2 Å². The first-order valence-corrected chi connectivity index (χ1v) is 3.14. The highest BCUT2D eigenvalue weighted by molar-refractivity contribution is 7.79. The van der Waals surface area contributed by atoms with Crippen LogP contribution in [0.25, 0.3) is 0 Å². The van der Waals surface area contributed by atoms with Crippen molar-refractivity contribution in [1.82, 2.24) is 5.32 Å². The summed E-state index contributed by atoms with van der Waals surface area (Å²) in [6, 6.07) is 0. The van der Waals surface area contributed by atoms with Gasteiger partial charge in [0.1, 0.15) is 0 Å². The molecule has 0 spiro atoms. The molecule has 0 bridgehead atoms. The van der Waals surface area contributed by atoms with Crippen molar-refractivity contribution in [3.8, 4) is 0 Å². The fourth-order valence-corrected chi connectivity index (χ4v) is 0.495. The lowest BCUT2D eigenvalue weighted by Gasteiger charge is -1.94. The SMILES string of the molecule is [NH3+]C(=S)NCCC=C(F)F. The van der Waals surface area contributed by atoms with Gasteiger partial charge in [0.2, 0.25) is 0 Å². The number of rotatable bonds is 3. The van der Waals surface area contributed by atoms with Crippen molar-refractivity contribution in [1.29, 1.82) is 0 Å². The molecular weight excluding hydrogens is 158 g/mol. The van der Waals surface area contributed by atoms with Gasteiger partial charge in [-0.1, -0.05) is 0 Å². The van der Waals surface area contributed by atoms with Crippen LogP contribution in [0.15, 0.2) is 12.2 Å². The number of nitrogens with one attached hydrogen (secondary N) is 1. The maximum atomic E-state index is 11.3. The molecule has 0 aromatic heterocycles. The maximum Gasteiger partial charge on any atom is 0.266 e. The highest BCUT2D eigenvalue weighted by Crippen LogP contribution is 1.96. The van der Waals surface area contributed by atoms with E-state index in [9.17, 15) is 8.78 Å². The molecule has 0 heterocycles. The Balaban J connectivity index is 3.21. The molecule has 0 aromatic carbocycles. The summed E-state index contributed by atoms with van der Waals surface area (Å²) in [7, 11) is 0. The third-order valence-electron chi connectivity index (χ3n) is 0.765. The zero-order chi connectivity index (χ0) is 7.98. The summed E-state index contributed by atoms with van der Waals surface area (Å²) >= 11 is 4.54. The Labute approximate surface area is 63.1 Å². The lowest BCUT2D eigenvalue weighted by atomic mass is 10.4. The van der Waals surface area contributed by atoms with Crippen molar-refractivity contribution < 1.29 is 14.5 Å². The van der Waals surface area contributed by atoms with Crippen LogP contribution in [0.3, 0.4) is 0 Å². The van der Waals surface area contributed by atoms with Crippen molar-refractivity contribution in [2.24, 2.45) is 0 Å². The molecule has 0 aliphatic carbocycles. The predicted octanol–water partition coefficient (Wildman–Crippen LogP) is 0.273. The van der Waals surface area contributed by atoms with Gasteiger partial charge in [-0.2, -0.15) is 8.78 Å². The minimum absolute atomic E-state index is 0.276. The minimum atomic E-state index is -1.66.